The van der Waals surface area contributed by atoms with Gasteiger partial charge in [0.15, 0.2) is 0 Å². The summed E-state index contributed by atoms with van der Waals surface area (Å²) in [7, 11) is -1.93. The lowest BCUT2D eigenvalue weighted by Gasteiger charge is -2.24. The van der Waals surface area contributed by atoms with Gasteiger partial charge in [-0.25, -0.2) is 18.1 Å². The average Bonchev–Trinajstić information content (AvgIpc) is 3.29. The number of anilines is 1. The summed E-state index contributed by atoms with van der Waals surface area (Å²) in [6.07, 6.45) is 1.78. The van der Waals surface area contributed by atoms with Gasteiger partial charge in [-0.15, -0.1) is 5.10 Å². The molecular weight excluding hydrogens is 540 g/mol. The maximum absolute atomic E-state index is 13.8. The Morgan fingerprint density at radius 1 is 1.10 bits per heavy atom. The normalized spacial score (nSPS) is 15.9. The summed E-state index contributed by atoms with van der Waals surface area (Å²) in [6.45, 7) is 9.82. The number of hydrogen-bond donors (Lipinski definition) is 0. The second-order valence-corrected chi connectivity index (χ2v) is 12.3. The van der Waals surface area contributed by atoms with Crippen molar-refractivity contribution >= 4 is 32.8 Å². The minimum absolute atomic E-state index is 0.148. The van der Waals surface area contributed by atoms with Crippen LogP contribution in [0.25, 0.3) is 11.0 Å². The first kappa shape index (κ1) is 28.7. The molecule has 0 spiro atoms. The third-order valence-electron chi connectivity index (χ3n) is 7.92. The van der Waals surface area contributed by atoms with Gasteiger partial charge >= 0.3 is 5.97 Å². The number of benzene rings is 2. The predicted molar refractivity (Wildman–Crippen MR) is 157 cm³/mol. The van der Waals surface area contributed by atoms with Crippen molar-refractivity contribution in [1.82, 2.24) is 24.3 Å². The van der Waals surface area contributed by atoms with E-state index in [-0.39, 0.29) is 29.7 Å². The second kappa shape index (κ2) is 11.6. The van der Waals surface area contributed by atoms with Crippen LogP contribution < -0.4 is 4.90 Å². The zero-order valence-corrected chi connectivity index (χ0v) is 25.0. The van der Waals surface area contributed by atoms with Gasteiger partial charge < -0.3 is 9.64 Å². The molecule has 0 fully saturated rings. The van der Waals surface area contributed by atoms with Crippen LogP contribution in [-0.2, 0) is 33.1 Å². The molecule has 11 heteroatoms. The van der Waals surface area contributed by atoms with Crippen molar-refractivity contribution in [2.45, 2.75) is 51.5 Å². The number of aromatic nitrogens is 4. The average molecular weight is 577 g/mol. The molecule has 216 valence electrons. The number of carbonyl (C=O) groups is 1. The third kappa shape index (κ3) is 5.43. The second-order valence-electron chi connectivity index (χ2n) is 10.4. The van der Waals surface area contributed by atoms with Crippen LogP contribution >= 0.6 is 0 Å². The quantitative estimate of drug-likeness (QED) is 0.289. The van der Waals surface area contributed by atoms with E-state index in [1.54, 1.807) is 29.9 Å². The number of fused-ring (bicyclic) bond motifs is 2. The van der Waals surface area contributed by atoms with Gasteiger partial charge in [0, 0.05) is 45.3 Å². The Morgan fingerprint density at radius 2 is 1.90 bits per heavy atom. The smallest absolute Gasteiger partial charge is 0.306 e. The van der Waals surface area contributed by atoms with Gasteiger partial charge in [0.25, 0.3) is 0 Å². The Morgan fingerprint density at radius 3 is 2.66 bits per heavy atom. The number of carbonyl (C=O) groups excluding carboxylic acids is 1. The summed E-state index contributed by atoms with van der Waals surface area (Å²) in [5.74, 6) is -0.106. The van der Waals surface area contributed by atoms with Gasteiger partial charge in [-0.05, 0) is 73.7 Å². The van der Waals surface area contributed by atoms with E-state index in [0.717, 1.165) is 38.9 Å². The van der Waals surface area contributed by atoms with Gasteiger partial charge in [-0.1, -0.05) is 29.5 Å². The van der Waals surface area contributed by atoms with Gasteiger partial charge in [0.2, 0.25) is 10.0 Å². The lowest BCUT2D eigenvalue weighted by molar-refractivity contribution is -0.143. The molecule has 2 aromatic carbocycles. The monoisotopic (exact) mass is 576 g/mol. The standard InChI is InChI=1S/C30H36N6O4S/c1-6-35-15-16-36(41(38,39)27-9-8-14-31-30(27)35)19-23-17-22(11-10-20(23)3)25(18-28(37)40-7-2)24-12-13-26-29(21(24)4)32-33-34(26)5/h8-14,17,25H,6-7,15-16,18-19H2,1-5H3. The number of rotatable bonds is 8. The Bertz CT molecular complexity index is 1700. The minimum atomic E-state index is -3.78. The number of pyridine rings is 1. The Balaban J connectivity index is 1.55. The highest BCUT2D eigenvalue weighted by molar-refractivity contribution is 7.89. The van der Waals surface area contributed by atoms with E-state index >= 15 is 0 Å². The molecule has 5 rings (SSSR count). The lowest BCUT2D eigenvalue weighted by atomic mass is 9.84. The molecule has 2 aromatic heterocycles. The fourth-order valence-corrected chi connectivity index (χ4v) is 7.15. The minimum Gasteiger partial charge on any atom is -0.466 e. The van der Waals surface area contributed by atoms with Gasteiger partial charge in [-0.2, -0.15) is 4.31 Å². The molecule has 0 radical (unpaired) electrons. The molecule has 41 heavy (non-hydrogen) atoms. The van der Waals surface area contributed by atoms with Crippen LogP contribution in [0.5, 0.6) is 0 Å². The van der Waals surface area contributed by atoms with Crippen LogP contribution in [0.1, 0.15) is 54.0 Å². The summed E-state index contributed by atoms with van der Waals surface area (Å²) >= 11 is 0. The van der Waals surface area contributed by atoms with Crippen molar-refractivity contribution in [1.29, 1.82) is 0 Å². The van der Waals surface area contributed by atoms with Crippen molar-refractivity contribution in [2.24, 2.45) is 7.05 Å². The number of hydrogen-bond acceptors (Lipinski definition) is 8. The summed E-state index contributed by atoms with van der Waals surface area (Å²) in [5.41, 5.74) is 6.38. The summed E-state index contributed by atoms with van der Waals surface area (Å²) in [4.78, 5) is 19.4. The molecule has 0 aliphatic carbocycles. The molecule has 0 saturated carbocycles. The number of aryl methyl sites for hydroxylation is 3. The van der Waals surface area contributed by atoms with E-state index in [1.807, 2.05) is 63.1 Å². The number of ether oxygens (including phenoxy) is 1. The fraction of sp³-hybridized carbons (Fsp3) is 0.400. The van der Waals surface area contributed by atoms with Crippen LogP contribution in [0.15, 0.2) is 53.6 Å². The van der Waals surface area contributed by atoms with E-state index in [0.29, 0.717) is 32.1 Å². The summed E-state index contributed by atoms with van der Waals surface area (Å²) in [6, 6.07) is 13.3. The molecule has 1 atom stereocenters. The molecule has 1 aliphatic rings. The van der Waals surface area contributed by atoms with Crippen molar-refractivity contribution < 1.29 is 17.9 Å². The highest BCUT2D eigenvalue weighted by Crippen LogP contribution is 2.35. The molecule has 10 nitrogen and oxygen atoms in total. The fourth-order valence-electron chi connectivity index (χ4n) is 5.58. The predicted octanol–water partition coefficient (Wildman–Crippen LogP) is 4.10. The van der Waals surface area contributed by atoms with Crippen molar-refractivity contribution in [3.05, 3.63) is 76.5 Å². The molecule has 0 N–H and O–H groups in total. The molecule has 3 heterocycles. The Labute approximate surface area is 241 Å². The van der Waals surface area contributed by atoms with Crippen LogP contribution in [0.3, 0.4) is 0 Å². The first-order chi connectivity index (χ1) is 19.6. The van der Waals surface area contributed by atoms with Crippen LogP contribution in [-0.4, -0.2) is 64.9 Å². The maximum Gasteiger partial charge on any atom is 0.306 e. The van der Waals surface area contributed by atoms with Crippen molar-refractivity contribution in [2.75, 3.05) is 31.1 Å². The molecule has 0 bridgehead atoms. The van der Waals surface area contributed by atoms with Crippen LogP contribution in [0.2, 0.25) is 0 Å². The maximum atomic E-state index is 13.8. The first-order valence-electron chi connectivity index (χ1n) is 13.9. The molecule has 1 unspecified atom stereocenters. The molecule has 4 aromatic rings. The van der Waals surface area contributed by atoms with Crippen molar-refractivity contribution in [3.63, 3.8) is 0 Å². The lowest BCUT2D eigenvalue weighted by Crippen LogP contribution is -2.34. The number of esters is 1. The number of nitrogens with zero attached hydrogens (tertiary/aromatic N) is 6. The highest BCUT2D eigenvalue weighted by atomic mass is 32.2. The topological polar surface area (TPSA) is 111 Å². The van der Waals surface area contributed by atoms with E-state index in [9.17, 15) is 13.2 Å². The summed E-state index contributed by atoms with van der Waals surface area (Å²) < 4.78 is 36.2. The van der Waals surface area contributed by atoms with Gasteiger partial charge in [-0.3, -0.25) is 4.79 Å². The zero-order chi connectivity index (χ0) is 29.3. The summed E-state index contributed by atoms with van der Waals surface area (Å²) in [5, 5.41) is 8.51. The van der Waals surface area contributed by atoms with Gasteiger partial charge in [0.1, 0.15) is 16.2 Å². The van der Waals surface area contributed by atoms with E-state index in [4.69, 9.17) is 4.74 Å². The third-order valence-corrected chi connectivity index (χ3v) is 9.79. The van der Waals surface area contributed by atoms with Crippen LogP contribution in [0.4, 0.5) is 5.82 Å². The molecule has 0 amide bonds. The number of likely N-dealkylation sites (N-methyl/N-ethyl adjacent to an activating group) is 1. The SMILES string of the molecule is CCOC(=O)CC(c1ccc(C)c(CN2CCN(CC)c3ncccc3S2(=O)=O)c1)c1ccc2c(nnn2C)c1C. The van der Waals surface area contributed by atoms with Crippen LogP contribution in [0, 0.1) is 13.8 Å². The zero-order valence-electron chi connectivity index (χ0n) is 24.2. The van der Waals surface area contributed by atoms with Gasteiger partial charge in [0.05, 0.1) is 18.5 Å². The number of sulfonamides is 1. The Kier molecular flexibility index (Phi) is 8.10. The highest BCUT2D eigenvalue weighted by Gasteiger charge is 2.33. The molecule has 1 aliphatic heterocycles. The van der Waals surface area contributed by atoms with E-state index in [1.165, 1.54) is 4.31 Å². The first-order valence-corrected chi connectivity index (χ1v) is 15.3. The molecule has 0 saturated heterocycles. The Hall–Kier alpha value is -3.83. The van der Waals surface area contributed by atoms with Crippen molar-refractivity contribution in [3.8, 4) is 0 Å². The largest absolute Gasteiger partial charge is 0.466 e. The van der Waals surface area contributed by atoms with E-state index < -0.39 is 10.0 Å². The molecular formula is C30H36N6O4S. The van der Waals surface area contributed by atoms with E-state index in [2.05, 4.69) is 15.3 Å².